The predicted molar refractivity (Wildman–Crippen MR) is 133 cm³/mol. The summed E-state index contributed by atoms with van der Waals surface area (Å²) < 4.78 is 39.3. The first-order valence-electron chi connectivity index (χ1n) is 11.0. The molecule has 1 atom stereocenters. The molecule has 184 valence electrons. The zero-order valence-electron chi connectivity index (χ0n) is 19.8. The maximum atomic E-state index is 13.3. The highest BCUT2D eigenvalue weighted by atomic mass is 32.2. The number of rotatable bonds is 10. The number of hydrogen-bond acceptors (Lipinski definition) is 6. The lowest BCUT2D eigenvalue weighted by Crippen LogP contribution is -2.45. The Labute approximate surface area is 205 Å². The maximum Gasteiger partial charge on any atom is 0.338 e. The van der Waals surface area contributed by atoms with Crippen molar-refractivity contribution in [2.45, 2.75) is 31.2 Å². The van der Waals surface area contributed by atoms with E-state index in [0.717, 1.165) is 11.1 Å². The van der Waals surface area contributed by atoms with Crippen LogP contribution >= 0.6 is 0 Å². The quantitative estimate of drug-likeness (QED) is 0.414. The van der Waals surface area contributed by atoms with Crippen LogP contribution in [-0.4, -0.2) is 40.1 Å². The van der Waals surface area contributed by atoms with Gasteiger partial charge in [-0.3, -0.25) is 4.79 Å². The van der Waals surface area contributed by atoms with E-state index in [4.69, 9.17) is 9.47 Å². The van der Waals surface area contributed by atoms with Gasteiger partial charge in [0.05, 0.1) is 19.3 Å². The summed E-state index contributed by atoms with van der Waals surface area (Å²) in [6, 6.07) is 19.0. The van der Waals surface area contributed by atoms with Crippen LogP contribution < -0.4 is 14.8 Å². The average Bonchev–Trinajstić information content (AvgIpc) is 2.84. The van der Waals surface area contributed by atoms with Crippen molar-refractivity contribution in [3.8, 4) is 5.75 Å². The summed E-state index contributed by atoms with van der Waals surface area (Å²) in [6.07, 6.45) is 0.126. The number of carbonyl (C=O) groups is 2. The molecule has 0 spiro atoms. The van der Waals surface area contributed by atoms with Gasteiger partial charge in [-0.2, -0.15) is 4.72 Å². The van der Waals surface area contributed by atoms with Crippen molar-refractivity contribution >= 4 is 27.6 Å². The molecule has 0 fully saturated rings. The molecule has 0 aromatic heterocycles. The van der Waals surface area contributed by atoms with Crippen LogP contribution in [0.4, 0.5) is 5.69 Å². The fraction of sp³-hybridized carbons (Fsp3) is 0.231. The summed E-state index contributed by atoms with van der Waals surface area (Å²) in [4.78, 5) is 25.0. The Morgan fingerprint density at radius 1 is 0.971 bits per heavy atom. The molecule has 0 aliphatic heterocycles. The molecule has 0 saturated carbocycles. The Bertz CT molecular complexity index is 1270. The number of nitrogens with one attached hydrogen (secondary N) is 2. The van der Waals surface area contributed by atoms with Crippen molar-refractivity contribution in [3.63, 3.8) is 0 Å². The van der Waals surface area contributed by atoms with Crippen molar-refractivity contribution < 1.29 is 27.5 Å². The van der Waals surface area contributed by atoms with E-state index in [-0.39, 0.29) is 23.7 Å². The predicted octanol–water partition coefficient (Wildman–Crippen LogP) is 3.71. The molecule has 3 aromatic rings. The van der Waals surface area contributed by atoms with Crippen molar-refractivity contribution in [1.82, 2.24) is 4.72 Å². The number of anilines is 1. The van der Waals surface area contributed by atoms with Crippen LogP contribution in [0.25, 0.3) is 0 Å². The second-order valence-electron chi connectivity index (χ2n) is 7.80. The smallest absolute Gasteiger partial charge is 0.338 e. The first kappa shape index (κ1) is 25.9. The van der Waals surface area contributed by atoms with Gasteiger partial charge in [0.15, 0.2) is 0 Å². The standard InChI is InChI=1S/C26H28N2O6S/c1-4-34-26(30)20-11-13-21(14-12-20)27-25(29)22(17-19-8-6-5-7-9-19)28-35(31,32)24-16-18(2)10-15-23(24)33-3/h5-16,22,28H,4,17H2,1-3H3,(H,27,29). The summed E-state index contributed by atoms with van der Waals surface area (Å²) in [5.41, 5.74) is 2.27. The monoisotopic (exact) mass is 496 g/mol. The molecule has 1 unspecified atom stereocenters. The molecule has 0 heterocycles. The van der Waals surface area contributed by atoms with E-state index in [9.17, 15) is 18.0 Å². The van der Waals surface area contributed by atoms with Gasteiger partial charge >= 0.3 is 5.97 Å². The van der Waals surface area contributed by atoms with Gasteiger partial charge < -0.3 is 14.8 Å². The van der Waals surface area contributed by atoms with Crippen molar-refractivity contribution in [2.24, 2.45) is 0 Å². The Balaban J connectivity index is 1.86. The third kappa shape index (κ3) is 6.91. The Morgan fingerprint density at radius 3 is 2.29 bits per heavy atom. The molecule has 3 rings (SSSR count). The average molecular weight is 497 g/mol. The van der Waals surface area contributed by atoms with E-state index >= 15 is 0 Å². The van der Waals surface area contributed by atoms with Gasteiger partial charge in [0.2, 0.25) is 15.9 Å². The number of benzene rings is 3. The second kappa shape index (κ2) is 11.6. The third-order valence-corrected chi connectivity index (χ3v) is 6.66. The Hall–Kier alpha value is -3.69. The molecule has 0 aliphatic rings. The van der Waals surface area contributed by atoms with Gasteiger partial charge in [0, 0.05) is 5.69 Å². The van der Waals surface area contributed by atoms with Crippen LogP contribution in [0.5, 0.6) is 5.75 Å². The maximum absolute atomic E-state index is 13.3. The number of aryl methyl sites for hydroxylation is 1. The number of hydrogen-bond donors (Lipinski definition) is 2. The van der Waals surface area contributed by atoms with Gasteiger partial charge in [0.25, 0.3) is 0 Å². The number of sulfonamides is 1. The molecule has 0 saturated heterocycles. The highest BCUT2D eigenvalue weighted by Crippen LogP contribution is 2.25. The molecule has 3 aromatic carbocycles. The van der Waals surface area contributed by atoms with E-state index in [2.05, 4.69) is 10.0 Å². The molecule has 1 amide bonds. The zero-order valence-corrected chi connectivity index (χ0v) is 20.6. The van der Waals surface area contributed by atoms with Crippen LogP contribution in [0.15, 0.2) is 77.7 Å². The van der Waals surface area contributed by atoms with Crippen LogP contribution in [0.1, 0.15) is 28.4 Å². The van der Waals surface area contributed by atoms with Crippen molar-refractivity contribution in [1.29, 1.82) is 0 Å². The van der Waals surface area contributed by atoms with Crippen LogP contribution in [-0.2, 0) is 26.0 Å². The SMILES string of the molecule is CCOC(=O)c1ccc(NC(=O)C(Cc2ccccc2)NS(=O)(=O)c2cc(C)ccc2OC)cc1. The van der Waals surface area contributed by atoms with Crippen LogP contribution in [0.2, 0.25) is 0 Å². The Morgan fingerprint density at radius 2 is 1.66 bits per heavy atom. The highest BCUT2D eigenvalue weighted by molar-refractivity contribution is 7.89. The molecule has 8 nitrogen and oxygen atoms in total. The zero-order chi connectivity index (χ0) is 25.4. The minimum absolute atomic E-state index is 0.0512. The Kier molecular flexibility index (Phi) is 8.62. The summed E-state index contributed by atoms with van der Waals surface area (Å²) in [6.45, 7) is 3.74. The highest BCUT2D eigenvalue weighted by Gasteiger charge is 2.28. The molecule has 0 bridgehead atoms. The third-order valence-electron chi connectivity index (χ3n) is 5.17. The summed E-state index contributed by atoms with van der Waals surface area (Å²) in [5, 5.41) is 2.73. The molecule has 2 N–H and O–H groups in total. The fourth-order valence-corrected chi connectivity index (χ4v) is 4.87. The fourth-order valence-electron chi connectivity index (χ4n) is 3.42. The van der Waals surface area contributed by atoms with Crippen LogP contribution in [0.3, 0.4) is 0 Å². The van der Waals surface area contributed by atoms with E-state index in [0.29, 0.717) is 11.3 Å². The van der Waals surface area contributed by atoms with Crippen molar-refractivity contribution in [2.75, 3.05) is 19.0 Å². The molecular formula is C26H28N2O6S. The van der Waals surface area contributed by atoms with E-state index in [1.54, 1.807) is 38.1 Å². The second-order valence-corrected chi connectivity index (χ2v) is 9.49. The normalized spacial score (nSPS) is 12.0. The topological polar surface area (TPSA) is 111 Å². The van der Waals surface area contributed by atoms with Gasteiger partial charge in [-0.1, -0.05) is 36.4 Å². The lowest BCUT2D eigenvalue weighted by molar-refractivity contribution is -0.117. The first-order valence-corrected chi connectivity index (χ1v) is 12.5. The van der Waals surface area contributed by atoms with E-state index in [1.165, 1.54) is 25.3 Å². The van der Waals surface area contributed by atoms with E-state index in [1.807, 2.05) is 30.3 Å². The van der Waals surface area contributed by atoms with Crippen molar-refractivity contribution in [3.05, 3.63) is 89.5 Å². The van der Waals surface area contributed by atoms with Gasteiger partial charge in [-0.15, -0.1) is 0 Å². The van der Waals surface area contributed by atoms with Gasteiger partial charge in [-0.05, 0) is 67.8 Å². The van der Waals surface area contributed by atoms with Gasteiger partial charge in [-0.25, -0.2) is 13.2 Å². The molecule has 0 aliphatic carbocycles. The number of methoxy groups -OCH3 is 1. The lowest BCUT2D eigenvalue weighted by atomic mass is 10.1. The summed E-state index contributed by atoms with van der Waals surface area (Å²) in [7, 11) is -2.72. The number of ether oxygens (including phenoxy) is 2. The largest absolute Gasteiger partial charge is 0.495 e. The number of amides is 1. The van der Waals surface area contributed by atoms with E-state index < -0.39 is 27.9 Å². The van der Waals surface area contributed by atoms with Gasteiger partial charge in [0.1, 0.15) is 16.7 Å². The lowest BCUT2D eigenvalue weighted by Gasteiger charge is -2.20. The minimum Gasteiger partial charge on any atom is -0.495 e. The summed E-state index contributed by atoms with van der Waals surface area (Å²) in [5.74, 6) is -0.836. The minimum atomic E-state index is -4.10. The molecule has 9 heteroatoms. The molecule has 35 heavy (non-hydrogen) atoms. The number of carbonyl (C=O) groups excluding carboxylic acids is 2. The number of esters is 1. The molecule has 0 radical (unpaired) electrons. The first-order chi connectivity index (χ1) is 16.7. The summed E-state index contributed by atoms with van der Waals surface area (Å²) >= 11 is 0. The molecular weight excluding hydrogens is 468 g/mol. The van der Waals surface area contributed by atoms with Crippen LogP contribution in [0, 0.1) is 6.92 Å².